The van der Waals surface area contributed by atoms with E-state index in [1.165, 1.54) is 10.6 Å². The third-order valence-corrected chi connectivity index (χ3v) is 4.74. The summed E-state index contributed by atoms with van der Waals surface area (Å²) >= 11 is 11.2. The molecule has 0 bridgehead atoms. The SMILES string of the molecule is CCN(Cc1cccs1)c1ccc(CCl)c(Br)c1. The first-order valence-corrected chi connectivity index (χ1v) is 8.07. The zero-order valence-corrected chi connectivity index (χ0v) is 13.4. The van der Waals surface area contributed by atoms with Crippen LogP contribution < -0.4 is 4.90 Å². The summed E-state index contributed by atoms with van der Waals surface area (Å²) in [6.45, 7) is 4.13. The standard InChI is InChI=1S/C14H15BrClNS/c1-2-17(10-13-4-3-7-18-13)12-6-5-11(9-16)14(15)8-12/h3-8H,2,9-10H2,1H3. The van der Waals surface area contributed by atoms with Gasteiger partial charge < -0.3 is 4.90 Å². The predicted molar refractivity (Wildman–Crippen MR) is 84.7 cm³/mol. The molecular formula is C14H15BrClNS. The van der Waals surface area contributed by atoms with E-state index in [9.17, 15) is 0 Å². The van der Waals surface area contributed by atoms with Crippen LogP contribution in [0.2, 0.25) is 0 Å². The van der Waals surface area contributed by atoms with Gasteiger partial charge in [0.15, 0.2) is 0 Å². The van der Waals surface area contributed by atoms with E-state index in [0.717, 1.165) is 23.1 Å². The molecule has 0 saturated carbocycles. The Labute approximate surface area is 126 Å². The topological polar surface area (TPSA) is 3.24 Å². The third kappa shape index (κ3) is 3.28. The van der Waals surface area contributed by atoms with E-state index < -0.39 is 0 Å². The normalized spacial score (nSPS) is 10.6. The number of alkyl halides is 1. The first-order chi connectivity index (χ1) is 8.74. The molecule has 4 heteroatoms. The van der Waals surface area contributed by atoms with Gasteiger partial charge >= 0.3 is 0 Å². The van der Waals surface area contributed by atoms with Gasteiger partial charge in [0.05, 0.1) is 6.54 Å². The van der Waals surface area contributed by atoms with E-state index in [1.807, 2.05) is 0 Å². The van der Waals surface area contributed by atoms with Crippen molar-refractivity contribution in [2.75, 3.05) is 11.4 Å². The van der Waals surface area contributed by atoms with Gasteiger partial charge in [0.1, 0.15) is 0 Å². The fourth-order valence-corrected chi connectivity index (χ4v) is 3.44. The second-order valence-corrected chi connectivity index (χ2v) is 6.16. The quantitative estimate of drug-likeness (QED) is 0.667. The predicted octanol–water partition coefficient (Wildman–Crippen LogP) is 5.28. The molecule has 2 aromatic rings. The van der Waals surface area contributed by atoms with Gasteiger partial charge in [0, 0.05) is 27.5 Å². The van der Waals surface area contributed by atoms with Crippen molar-refractivity contribution in [3.05, 3.63) is 50.6 Å². The molecular weight excluding hydrogens is 330 g/mol. The van der Waals surface area contributed by atoms with E-state index in [2.05, 4.69) is 63.5 Å². The van der Waals surface area contributed by atoms with Gasteiger partial charge in [0.25, 0.3) is 0 Å². The molecule has 0 spiro atoms. The lowest BCUT2D eigenvalue weighted by atomic mass is 10.2. The Morgan fingerprint density at radius 3 is 2.72 bits per heavy atom. The lowest BCUT2D eigenvalue weighted by Gasteiger charge is -2.23. The maximum Gasteiger partial charge on any atom is 0.0522 e. The van der Waals surface area contributed by atoms with E-state index >= 15 is 0 Å². The number of nitrogens with zero attached hydrogens (tertiary/aromatic N) is 1. The monoisotopic (exact) mass is 343 g/mol. The van der Waals surface area contributed by atoms with Crippen LogP contribution in [0.4, 0.5) is 5.69 Å². The summed E-state index contributed by atoms with van der Waals surface area (Å²) in [6.07, 6.45) is 0. The van der Waals surface area contributed by atoms with E-state index in [-0.39, 0.29) is 0 Å². The molecule has 0 unspecified atom stereocenters. The summed E-state index contributed by atoms with van der Waals surface area (Å²) in [6, 6.07) is 10.6. The summed E-state index contributed by atoms with van der Waals surface area (Å²) in [5.41, 5.74) is 2.36. The molecule has 18 heavy (non-hydrogen) atoms. The van der Waals surface area contributed by atoms with Gasteiger partial charge in [-0.1, -0.05) is 28.1 Å². The van der Waals surface area contributed by atoms with E-state index in [4.69, 9.17) is 11.6 Å². The number of halogens is 2. The molecule has 2 rings (SSSR count). The number of rotatable bonds is 5. The van der Waals surface area contributed by atoms with Gasteiger partial charge in [-0.3, -0.25) is 0 Å². The van der Waals surface area contributed by atoms with E-state index in [0.29, 0.717) is 5.88 Å². The number of hydrogen-bond donors (Lipinski definition) is 0. The minimum Gasteiger partial charge on any atom is -0.367 e. The van der Waals surface area contributed by atoms with Gasteiger partial charge in [-0.25, -0.2) is 0 Å². The maximum atomic E-state index is 5.87. The summed E-state index contributed by atoms with van der Waals surface area (Å²) in [4.78, 5) is 3.74. The average molecular weight is 345 g/mol. The lowest BCUT2D eigenvalue weighted by molar-refractivity contribution is 0.842. The molecule has 96 valence electrons. The summed E-state index contributed by atoms with van der Waals surface area (Å²) in [5.74, 6) is 0.540. The highest BCUT2D eigenvalue weighted by molar-refractivity contribution is 9.10. The fourth-order valence-electron chi connectivity index (χ4n) is 1.82. The molecule has 1 heterocycles. The number of benzene rings is 1. The Balaban J connectivity index is 2.19. The highest BCUT2D eigenvalue weighted by Gasteiger charge is 2.08. The van der Waals surface area contributed by atoms with Crippen LogP contribution in [0.1, 0.15) is 17.4 Å². The minimum atomic E-state index is 0.540. The molecule has 0 aliphatic carbocycles. The van der Waals surface area contributed by atoms with Crippen LogP contribution in [0, 0.1) is 0 Å². The number of hydrogen-bond acceptors (Lipinski definition) is 2. The first kappa shape index (κ1) is 13.9. The van der Waals surface area contributed by atoms with Crippen molar-refractivity contribution in [1.29, 1.82) is 0 Å². The highest BCUT2D eigenvalue weighted by atomic mass is 79.9. The van der Waals surface area contributed by atoms with Crippen LogP contribution in [-0.2, 0) is 12.4 Å². The first-order valence-electron chi connectivity index (χ1n) is 5.86. The molecule has 1 nitrogen and oxygen atoms in total. The Morgan fingerprint density at radius 1 is 1.33 bits per heavy atom. The van der Waals surface area contributed by atoms with Gasteiger partial charge in [-0.15, -0.1) is 22.9 Å². The zero-order valence-electron chi connectivity index (χ0n) is 10.2. The molecule has 0 amide bonds. The number of anilines is 1. The van der Waals surface area contributed by atoms with Crippen LogP contribution in [0.25, 0.3) is 0 Å². The minimum absolute atomic E-state index is 0.540. The van der Waals surface area contributed by atoms with Crippen molar-refractivity contribution in [2.24, 2.45) is 0 Å². The fraction of sp³-hybridized carbons (Fsp3) is 0.286. The lowest BCUT2D eigenvalue weighted by Crippen LogP contribution is -2.21. The van der Waals surface area contributed by atoms with Crippen molar-refractivity contribution in [1.82, 2.24) is 0 Å². The van der Waals surface area contributed by atoms with Gasteiger partial charge in [-0.2, -0.15) is 0 Å². The van der Waals surface area contributed by atoms with Crippen LogP contribution in [0.3, 0.4) is 0 Å². The molecule has 0 saturated heterocycles. The second-order valence-electron chi connectivity index (χ2n) is 4.00. The smallest absolute Gasteiger partial charge is 0.0522 e. The zero-order chi connectivity index (χ0) is 13.0. The van der Waals surface area contributed by atoms with E-state index in [1.54, 1.807) is 11.3 Å². The summed E-state index contributed by atoms with van der Waals surface area (Å²) in [5, 5.41) is 2.12. The molecule has 1 aromatic carbocycles. The summed E-state index contributed by atoms with van der Waals surface area (Å²) < 4.78 is 1.08. The number of thiophene rings is 1. The molecule has 0 radical (unpaired) electrons. The van der Waals surface area contributed by atoms with Gasteiger partial charge in [0.2, 0.25) is 0 Å². The van der Waals surface area contributed by atoms with Crippen molar-refractivity contribution in [2.45, 2.75) is 19.3 Å². The van der Waals surface area contributed by atoms with Crippen molar-refractivity contribution < 1.29 is 0 Å². The molecule has 0 fully saturated rings. The van der Waals surface area contributed by atoms with Crippen molar-refractivity contribution in [3.63, 3.8) is 0 Å². The molecule has 0 atom stereocenters. The van der Waals surface area contributed by atoms with Crippen molar-refractivity contribution >= 4 is 44.6 Å². The van der Waals surface area contributed by atoms with Crippen LogP contribution in [-0.4, -0.2) is 6.54 Å². The Morgan fingerprint density at radius 2 is 2.17 bits per heavy atom. The largest absolute Gasteiger partial charge is 0.367 e. The van der Waals surface area contributed by atoms with Crippen molar-refractivity contribution in [3.8, 4) is 0 Å². The van der Waals surface area contributed by atoms with Crippen LogP contribution in [0.15, 0.2) is 40.2 Å². The average Bonchev–Trinajstić information content (AvgIpc) is 2.88. The van der Waals surface area contributed by atoms with Gasteiger partial charge in [-0.05, 0) is 36.1 Å². The third-order valence-electron chi connectivity index (χ3n) is 2.85. The second kappa shape index (κ2) is 6.60. The molecule has 0 aliphatic heterocycles. The summed E-state index contributed by atoms with van der Waals surface area (Å²) in [7, 11) is 0. The maximum absolute atomic E-state index is 5.87. The Hall–Kier alpha value is -0.510. The molecule has 0 N–H and O–H groups in total. The van der Waals surface area contributed by atoms with Crippen LogP contribution >= 0.6 is 38.9 Å². The molecule has 0 aliphatic rings. The Bertz CT molecular complexity index is 499. The Kier molecular flexibility index (Phi) is 5.10. The highest BCUT2D eigenvalue weighted by Crippen LogP contribution is 2.26. The molecule has 1 aromatic heterocycles. The van der Waals surface area contributed by atoms with Crippen LogP contribution in [0.5, 0.6) is 0 Å².